The molecule has 15 heavy (non-hydrogen) atoms. The lowest BCUT2D eigenvalue weighted by Crippen LogP contribution is -2.55. The van der Waals surface area contributed by atoms with Gasteiger partial charge in [0.2, 0.25) is 5.91 Å². The molecule has 0 radical (unpaired) electrons. The maximum Gasteiger partial charge on any atom is 0.242 e. The van der Waals surface area contributed by atoms with Gasteiger partial charge in [-0.1, -0.05) is 6.92 Å². The van der Waals surface area contributed by atoms with Gasteiger partial charge in [-0.25, -0.2) is 0 Å². The van der Waals surface area contributed by atoms with Crippen molar-refractivity contribution < 1.29 is 9.90 Å². The molecule has 1 aliphatic heterocycles. The minimum atomic E-state index is -0.544. The first kappa shape index (κ1) is 12.5. The molecule has 2 atom stereocenters. The molecule has 88 valence electrons. The number of aliphatic hydroxyl groups excluding tert-OH is 1. The van der Waals surface area contributed by atoms with Crippen molar-refractivity contribution in [2.24, 2.45) is 5.92 Å². The number of hydrogen-bond acceptors (Lipinski definition) is 3. The molecule has 0 aromatic heterocycles. The highest BCUT2D eigenvalue weighted by Crippen LogP contribution is 2.25. The van der Waals surface area contributed by atoms with Crippen LogP contribution in [0, 0.1) is 5.92 Å². The summed E-state index contributed by atoms with van der Waals surface area (Å²) in [5.74, 6) is 0.472. The topological polar surface area (TPSA) is 52.6 Å². The second-order valence-corrected chi connectivity index (χ2v) is 4.89. The molecular formula is C11H22N2O2. The van der Waals surface area contributed by atoms with Gasteiger partial charge in [0.05, 0.1) is 18.2 Å². The van der Waals surface area contributed by atoms with Crippen molar-refractivity contribution in [1.29, 1.82) is 0 Å². The van der Waals surface area contributed by atoms with E-state index >= 15 is 0 Å². The number of aliphatic hydroxyl groups is 1. The van der Waals surface area contributed by atoms with Crippen LogP contribution in [0.3, 0.4) is 0 Å². The van der Waals surface area contributed by atoms with Gasteiger partial charge in [0.25, 0.3) is 0 Å². The van der Waals surface area contributed by atoms with Crippen LogP contribution in [0.15, 0.2) is 0 Å². The Hall–Kier alpha value is -0.610. The second-order valence-electron chi connectivity index (χ2n) is 4.89. The molecule has 1 aliphatic rings. The fraction of sp³-hybridized carbons (Fsp3) is 0.909. The van der Waals surface area contributed by atoms with E-state index in [1.54, 1.807) is 11.9 Å². The van der Waals surface area contributed by atoms with Crippen LogP contribution in [0.5, 0.6) is 0 Å². The number of nitrogens with one attached hydrogen (secondary N) is 1. The van der Waals surface area contributed by atoms with Crippen molar-refractivity contribution in [2.75, 3.05) is 20.2 Å². The summed E-state index contributed by atoms with van der Waals surface area (Å²) >= 11 is 0. The van der Waals surface area contributed by atoms with Gasteiger partial charge in [-0.05, 0) is 33.2 Å². The van der Waals surface area contributed by atoms with Crippen molar-refractivity contribution in [1.82, 2.24) is 10.2 Å². The van der Waals surface area contributed by atoms with Crippen molar-refractivity contribution in [3.8, 4) is 0 Å². The molecule has 4 nitrogen and oxygen atoms in total. The van der Waals surface area contributed by atoms with Crippen LogP contribution in [-0.4, -0.2) is 47.7 Å². The van der Waals surface area contributed by atoms with E-state index < -0.39 is 5.54 Å². The third kappa shape index (κ3) is 2.32. The Labute approximate surface area is 91.6 Å². The summed E-state index contributed by atoms with van der Waals surface area (Å²) in [6.45, 7) is 6.64. The van der Waals surface area contributed by atoms with Gasteiger partial charge in [-0.2, -0.15) is 0 Å². The van der Waals surface area contributed by atoms with Gasteiger partial charge in [-0.3, -0.25) is 4.79 Å². The molecule has 2 N–H and O–H groups in total. The van der Waals surface area contributed by atoms with Crippen LogP contribution in [0.25, 0.3) is 0 Å². The van der Waals surface area contributed by atoms with Gasteiger partial charge in [0, 0.05) is 6.54 Å². The van der Waals surface area contributed by atoms with Crippen molar-refractivity contribution in [2.45, 2.75) is 38.8 Å². The normalized spacial score (nSPS) is 27.1. The van der Waals surface area contributed by atoms with Gasteiger partial charge in [0.15, 0.2) is 0 Å². The molecule has 2 unspecified atom stereocenters. The van der Waals surface area contributed by atoms with Crippen LogP contribution in [0.4, 0.5) is 0 Å². The highest BCUT2D eigenvalue weighted by atomic mass is 16.3. The Morgan fingerprint density at radius 2 is 2.20 bits per heavy atom. The fourth-order valence-corrected chi connectivity index (χ4v) is 2.00. The van der Waals surface area contributed by atoms with E-state index in [0.717, 1.165) is 13.0 Å². The predicted octanol–water partition coefficient (Wildman–Crippen LogP) is 0.214. The molecule has 0 spiro atoms. The van der Waals surface area contributed by atoms with E-state index in [1.165, 1.54) is 0 Å². The third-order valence-electron chi connectivity index (χ3n) is 3.49. The first-order chi connectivity index (χ1) is 6.94. The highest BCUT2D eigenvalue weighted by Gasteiger charge is 2.39. The van der Waals surface area contributed by atoms with E-state index in [9.17, 15) is 9.90 Å². The van der Waals surface area contributed by atoms with Gasteiger partial charge in [-0.15, -0.1) is 0 Å². The zero-order chi connectivity index (χ0) is 11.6. The molecule has 0 aromatic rings. The summed E-state index contributed by atoms with van der Waals surface area (Å²) in [5, 5.41) is 12.3. The Bertz CT molecular complexity index is 241. The monoisotopic (exact) mass is 214 g/mol. The van der Waals surface area contributed by atoms with Crippen LogP contribution < -0.4 is 5.32 Å². The van der Waals surface area contributed by atoms with Crippen LogP contribution in [0.2, 0.25) is 0 Å². The van der Waals surface area contributed by atoms with E-state index in [0.29, 0.717) is 5.92 Å². The van der Waals surface area contributed by atoms with E-state index in [-0.39, 0.29) is 18.6 Å². The van der Waals surface area contributed by atoms with E-state index in [1.807, 2.05) is 13.8 Å². The van der Waals surface area contributed by atoms with Gasteiger partial charge < -0.3 is 15.3 Å². The average Bonchev–Trinajstić information content (AvgIpc) is 2.58. The summed E-state index contributed by atoms with van der Waals surface area (Å²) in [5.41, 5.74) is -0.544. The van der Waals surface area contributed by atoms with Crippen LogP contribution in [-0.2, 0) is 4.79 Å². The lowest BCUT2D eigenvalue weighted by molar-refractivity contribution is -0.138. The maximum atomic E-state index is 12.2. The molecule has 1 saturated heterocycles. The average molecular weight is 214 g/mol. The smallest absolute Gasteiger partial charge is 0.242 e. The zero-order valence-electron chi connectivity index (χ0n) is 10.1. The van der Waals surface area contributed by atoms with Crippen molar-refractivity contribution in [3.05, 3.63) is 0 Å². The molecular weight excluding hydrogens is 192 g/mol. The zero-order valence-corrected chi connectivity index (χ0v) is 10.1. The fourth-order valence-electron chi connectivity index (χ4n) is 2.00. The number of rotatable bonds is 3. The molecule has 0 aliphatic carbocycles. The lowest BCUT2D eigenvalue weighted by atomic mass is 10.0. The first-order valence-corrected chi connectivity index (χ1v) is 5.55. The number of likely N-dealkylation sites (N-methyl/N-ethyl adjacent to an activating group) is 1. The van der Waals surface area contributed by atoms with E-state index in [2.05, 4.69) is 12.2 Å². The quantitative estimate of drug-likeness (QED) is 0.706. The third-order valence-corrected chi connectivity index (χ3v) is 3.49. The number of likely N-dealkylation sites (tertiary alicyclic amines) is 1. The second kappa shape index (κ2) is 4.49. The Kier molecular flexibility index (Phi) is 3.73. The molecule has 0 aromatic carbocycles. The minimum Gasteiger partial charge on any atom is -0.394 e. The number of carbonyl (C=O) groups is 1. The van der Waals surface area contributed by atoms with Crippen LogP contribution >= 0.6 is 0 Å². The molecule has 0 bridgehead atoms. The van der Waals surface area contributed by atoms with E-state index in [4.69, 9.17) is 0 Å². The maximum absolute atomic E-state index is 12.2. The highest BCUT2D eigenvalue weighted by molar-refractivity contribution is 5.86. The molecule has 1 fully saturated rings. The molecule has 0 saturated carbocycles. The number of amides is 1. The standard InChI is InChI=1S/C11H22N2O2/c1-8-5-6-13(9(8)7-14)10(15)11(2,3)12-4/h8-9,12,14H,5-7H2,1-4H3. The number of hydrogen-bond donors (Lipinski definition) is 2. The van der Waals surface area contributed by atoms with Gasteiger partial charge in [0.1, 0.15) is 0 Å². The van der Waals surface area contributed by atoms with Crippen molar-refractivity contribution >= 4 is 5.91 Å². The number of carbonyl (C=O) groups excluding carboxylic acids is 1. The summed E-state index contributed by atoms with van der Waals surface area (Å²) in [7, 11) is 1.78. The molecule has 1 rings (SSSR count). The minimum absolute atomic E-state index is 0.00914. The lowest BCUT2D eigenvalue weighted by Gasteiger charge is -2.33. The predicted molar refractivity (Wildman–Crippen MR) is 59.5 cm³/mol. The van der Waals surface area contributed by atoms with Crippen molar-refractivity contribution in [3.63, 3.8) is 0 Å². The van der Waals surface area contributed by atoms with Crippen LogP contribution in [0.1, 0.15) is 27.2 Å². The van der Waals surface area contributed by atoms with Gasteiger partial charge >= 0.3 is 0 Å². The summed E-state index contributed by atoms with van der Waals surface area (Å²) in [6.07, 6.45) is 0.983. The SMILES string of the molecule is CNC(C)(C)C(=O)N1CCC(C)C1CO. The molecule has 1 heterocycles. The molecule has 1 amide bonds. The Balaban J connectivity index is 2.76. The summed E-state index contributed by atoms with van der Waals surface area (Å²) in [6, 6.07) is -0.00914. The summed E-state index contributed by atoms with van der Waals surface area (Å²) in [4.78, 5) is 14.0. The summed E-state index contributed by atoms with van der Waals surface area (Å²) < 4.78 is 0. The first-order valence-electron chi connectivity index (χ1n) is 5.55. The number of nitrogens with zero attached hydrogens (tertiary/aromatic N) is 1. The Morgan fingerprint density at radius 3 is 2.67 bits per heavy atom. The largest absolute Gasteiger partial charge is 0.394 e. The Morgan fingerprint density at radius 1 is 1.60 bits per heavy atom. The molecule has 4 heteroatoms.